The third kappa shape index (κ3) is 4.57. The molecule has 36 heavy (non-hydrogen) atoms. The van der Waals surface area contributed by atoms with E-state index >= 15 is 0 Å². The van der Waals surface area contributed by atoms with Crippen LogP contribution in [0.5, 0.6) is 11.5 Å². The highest BCUT2D eigenvalue weighted by molar-refractivity contribution is 9.10. The molecule has 5 rings (SSSR count). The topological polar surface area (TPSA) is 30.5 Å². The standard InChI is InChI=1S/C27H21BrCl2F3NO2/c1-35-22-12-15(11-19(28)26(22)36-13-14-5-2-3-8-20(14)29)24-17-7-4-6-16(17)23-18(27(31,32)33)9-10-21(30)25(23)34-24/h2-6,8-12,16-17,24,34H,7,13H2,1H3/t16-,17-,24-/m0/s1. The molecule has 1 aliphatic carbocycles. The molecule has 0 fully saturated rings. The Morgan fingerprint density at radius 1 is 1.08 bits per heavy atom. The predicted octanol–water partition coefficient (Wildman–Crippen LogP) is 9.19. The molecule has 0 aromatic heterocycles. The number of methoxy groups -OCH3 is 1. The third-order valence-electron chi connectivity index (χ3n) is 6.72. The van der Waals surface area contributed by atoms with Gasteiger partial charge < -0.3 is 14.8 Å². The first-order valence-electron chi connectivity index (χ1n) is 11.3. The maximum absolute atomic E-state index is 13.9. The van der Waals surface area contributed by atoms with Crippen molar-refractivity contribution in [2.24, 2.45) is 5.92 Å². The first kappa shape index (κ1) is 25.3. The second kappa shape index (κ2) is 9.84. The van der Waals surface area contributed by atoms with E-state index in [0.29, 0.717) is 33.1 Å². The lowest BCUT2D eigenvalue weighted by Crippen LogP contribution is -2.31. The van der Waals surface area contributed by atoms with Crippen LogP contribution in [0.25, 0.3) is 0 Å². The van der Waals surface area contributed by atoms with Crippen molar-refractivity contribution in [2.75, 3.05) is 12.4 Å². The molecule has 0 bridgehead atoms. The fourth-order valence-corrected chi connectivity index (χ4v) is 6.06. The van der Waals surface area contributed by atoms with Crippen LogP contribution in [-0.4, -0.2) is 7.11 Å². The van der Waals surface area contributed by atoms with Crippen LogP contribution in [0.3, 0.4) is 0 Å². The molecular weight excluding hydrogens is 578 g/mol. The lowest BCUT2D eigenvalue weighted by atomic mass is 9.75. The van der Waals surface area contributed by atoms with Gasteiger partial charge in [0.15, 0.2) is 11.5 Å². The highest BCUT2D eigenvalue weighted by Crippen LogP contribution is 2.55. The van der Waals surface area contributed by atoms with Gasteiger partial charge in [0, 0.05) is 16.5 Å². The lowest BCUT2D eigenvalue weighted by Gasteiger charge is -2.39. The molecule has 0 radical (unpaired) electrons. The maximum Gasteiger partial charge on any atom is 0.416 e. The van der Waals surface area contributed by atoms with E-state index in [4.69, 9.17) is 32.7 Å². The molecule has 3 aromatic rings. The SMILES string of the molecule is COc1cc([C@@H]2Nc3c(Cl)ccc(C(F)(F)F)c3[C@H]3C=CC[C@@H]32)cc(Br)c1OCc1ccccc1Cl. The van der Waals surface area contributed by atoms with Gasteiger partial charge in [-0.3, -0.25) is 0 Å². The summed E-state index contributed by atoms with van der Waals surface area (Å²) >= 11 is 16.3. The summed E-state index contributed by atoms with van der Waals surface area (Å²) in [5.41, 5.74) is 1.55. The number of rotatable bonds is 5. The second-order valence-corrected chi connectivity index (χ2v) is 10.4. The molecule has 188 valence electrons. The summed E-state index contributed by atoms with van der Waals surface area (Å²) in [5.74, 6) is 0.471. The quantitative estimate of drug-likeness (QED) is 0.297. The van der Waals surface area contributed by atoms with Gasteiger partial charge in [-0.25, -0.2) is 0 Å². The minimum absolute atomic E-state index is 0.122. The van der Waals surface area contributed by atoms with Crippen LogP contribution in [0.4, 0.5) is 18.9 Å². The molecule has 1 N–H and O–H groups in total. The second-order valence-electron chi connectivity index (χ2n) is 8.77. The smallest absolute Gasteiger partial charge is 0.416 e. The van der Waals surface area contributed by atoms with Crippen LogP contribution in [0, 0.1) is 5.92 Å². The van der Waals surface area contributed by atoms with Crippen LogP contribution in [0.15, 0.2) is 65.2 Å². The van der Waals surface area contributed by atoms with Crippen LogP contribution in [0.1, 0.15) is 40.6 Å². The molecule has 0 unspecified atom stereocenters. The summed E-state index contributed by atoms with van der Waals surface area (Å²) in [5, 5.41) is 4.18. The van der Waals surface area contributed by atoms with Crippen LogP contribution in [0.2, 0.25) is 10.0 Å². The van der Waals surface area contributed by atoms with Crippen LogP contribution in [-0.2, 0) is 12.8 Å². The Hall–Kier alpha value is -2.35. The van der Waals surface area contributed by atoms with Gasteiger partial charge in [-0.05, 0) is 69.7 Å². The fourth-order valence-electron chi connectivity index (χ4n) is 5.08. The molecule has 0 amide bonds. The van der Waals surface area contributed by atoms with Gasteiger partial charge in [0.2, 0.25) is 0 Å². The minimum atomic E-state index is -4.48. The maximum atomic E-state index is 13.9. The predicted molar refractivity (Wildman–Crippen MR) is 139 cm³/mol. The van der Waals surface area contributed by atoms with E-state index in [1.54, 1.807) is 13.2 Å². The molecule has 0 saturated heterocycles. The molecule has 0 saturated carbocycles. The summed E-state index contributed by atoms with van der Waals surface area (Å²) in [6, 6.07) is 13.2. The van der Waals surface area contributed by atoms with E-state index in [1.165, 1.54) is 6.07 Å². The van der Waals surface area contributed by atoms with Gasteiger partial charge in [0.25, 0.3) is 0 Å². The van der Waals surface area contributed by atoms with Crippen molar-refractivity contribution in [2.45, 2.75) is 31.2 Å². The number of allylic oxidation sites excluding steroid dienone is 2. The van der Waals surface area contributed by atoms with Gasteiger partial charge in [0.1, 0.15) is 6.61 Å². The monoisotopic (exact) mass is 597 g/mol. The van der Waals surface area contributed by atoms with Crippen molar-refractivity contribution in [3.05, 3.63) is 97.5 Å². The molecule has 0 spiro atoms. The highest BCUT2D eigenvalue weighted by atomic mass is 79.9. The fraction of sp³-hybridized carbons (Fsp3) is 0.259. The molecule has 1 aliphatic heterocycles. The first-order chi connectivity index (χ1) is 17.2. The van der Waals surface area contributed by atoms with Crippen molar-refractivity contribution < 1.29 is 22.6 Å². The van der Waals surface area contributed by atoms with E-state index in [0.717, 1.165) is 17.2 Å². The number of anilines is 1. The number of hydrogen-bond acceptors (Lipinski definition) is 3. The Labute approximate surface area is 225 Å². The number of halogens is 6. The summed E-state index contributed by atoms with van der Waals surface area (Å²) in [6.07, 6.45) is -0.0445. The van der Waals surface area contributed by atoms with Gasteiger partial charge in [-0.1, -0.05) is 53.6 Å². The first-order valence-corrected chi connectivity index (χ1v) is 12.8. The normalized spacial score (nSPS) is 20.5. The number of benzene rings is 3. The highest BCUT2D eigenvalue weighted by Gasteiger charge is 2.45. The zero-order valence-electron chi connectivity index (χ0n) is 19.0. The summed E-state index contributed by atoms with van der Waals surface area (Å²) < 4.78 is 53.9. The summed E-state index contributed by atoms with van der Waals surface area (Å²) in [7, 11) is 1.55. The van der Waals surface area contributed by atoms with E-state index in [9.17, 15) is 13.2 Å². The molecule has 9 heteroatoms. The van der Waals surface area contributed by atoms with Gasteiger partial charge >= 0.3 is 6.18 Å². The average Bonchev–Trinajstić information content (AvgIpc) is 3.33. The van der Waals surface area contributed by atoms with Gasteiger partial charge in [0.05, 0.1) is 33.9 Å². The Kier molecular flexibility index (Phi) is 6.92. The Morgan fingerprint density at radius 3 is 2.58 bits per heavy atom. The largest absolute Gasteiger partial charge is 0.493 e. The van der Waals surface area contributed by atoms with Crippen molar-refractivity contribution in [1.29, 1.82) is 0 Å². The van der Waals surface area contributed by atoms with Crippen molar-refractivity contribution in [1.82, 2.24) is 0 Å². The number of hydrogen-bond donors (Lipinski definition) is 1. The van der Waals surface area contributed by atoms with Gasteiger partial charge in [-0.2, -0.15) is 13.2 Å². The van der Waals surface area contributed by atoms with Crippen LogP contribution >= 0.6 is 39.1 Å². The van der Waals surface area contributed by atoms with E-state index in [1.807, 2.05) is 42.5 Å². The lowest BCUT2D eigenvalue weighted by molar-refractivity contribution is -0.138. The molecule has 2 aliphatic rings. The zero-order valence-corrected chi connectivity index (χ0v) is 22.1. The number of nitrogens with one attached hydrogen (secondary N) is 1. The Balaban J connectivity index is 1.52. The Morgan fingerprint density at radius 2 is 1.86 bits per heavy atom. The number of ether oxygens (including phenoxy) is 2. The minimum Gasteiger partial charge on any atom is -0.493 e. The summed E-state index contributed by atoms with van der Waals surface area (Å²) in [4.78, 5) is 0. The van der Waals surface area contributed by atoms with E-state index in [2.05, 4.69) is 21.2 Å². The van der Waals surface area contributed by atoms with Gasteiger partial charge in [-0.15, -0.1) is 0 Å². The van der Waals surface area contributed by atoms with E-state index in [-0.39, 0.29) is 29.2 Å². The zero-order chi connectivity index (χ0) is 25.6. The van der Waals surface area contributed by atoms with Crippen molar-refractivity contribution in [3.8, 4) is 11.5 Å². The number of alkyl halides is 3. The Bertz CT molecular complexity index is 1350. The van der Waals surface area contributed by atoms with Crippen molar-refractivity contribution >= 4 is 44.8 Å². The van der Waals surface area contributed by atoms with Crippen molar-refractivity contribution in [3.63, 3.8) is 0 Å². The van der Waals surface area contributed by atoms with E-state index < -0.39 is 17.7 Å². The summed E-state index contributed by atoms with van der Waals surface area (Å²) in [6.45, 7) is 0.244. The number of fused-ring (bicyclic) bond motifs is 3. The molecular formula is C27H21BrCl2F3NO2. The molecule has 1 heterocycles. The molecule has 3 atom stereocenters. The molecule has 3 nitrogen and oxygen atoms in total. The molecule has 3 aromatic carbocycles. The van der Waals surface area contributed by atoms with Crippen LogP contribution < -0.4 is 14.8 Å². The average molecular weight is 599 g/mol. The third-order valence-corrected chi connectivity index (χ3v) is 7.99.